The van der Waals surface area contributed by atoms with E-state index in [2.05, 4.69) is 34.9 Å². The van der Waals surface area contributed by atoms with Crippen LogP contribution in [0.2, 0.25) is 0 Å². The van der Waals surface area contributed by atoms with Crippen LogP contribution in [0.15, 0.2) is 34.7 Å². The highest BCUT2D eigenvalue weighted by Crippen LogP contribution is 2.44. The number of carbonyl (C=O) groups excluding carboxylic acids is 2. The third-order valence-corrected chi connectivity index (χ3v) is 8.11. The van der Waals surface area contributed by atoms with Crippen LogP contribution in [0.25, 0.3) is 22.2 Å². The van der Waals surface area contributed by atoms with Crippen molar-refractivity contribution in [1.29, 1.82) is 5.26 Å². The maximum atomic E-state index is 13.6. The molecule has 0 saturated carbocycles. The Kier molecular flexibility index (Phi) is 6.84. The van der Waals surface area contributed by atoms with Crippen molar-refractivity contribution in [1.82, 2.24) is 19.7 Å². The predicted octanol–water partition coefficient (Wildman–Crippen LogP) is 3.51. The SMILES string of the molecule is CC(=O)N1CCC(N(C)C(=O)c2nc3c(C#N)c(C)c(-c4ccccc4)c(N4CCC(N(C)C)C4)c3o2)C1. The quantitative estimate of drug-likeness (QED) is 0.514. The zero-order valence-corrected chi connectivity index (χ0v) is 22.7. The fraction of sp³-hybridized carbons (Fsp3) is 0.448. The number of amides is 2. The lowest BCUT2D eigenvalue weighted by Crippen LogP contribution is -2.39. The molecule has 2 aliphatic heterocycles. The third-order valence-electron chi connectivity index (χ3n) is 8.11. The van der Waals surface area contributed by atoms with Crippen molar-refractivity contribution in [3.8, 4) is 17.2 Å². The van der Waals surface area contributed by atoms with Crippen LogP contribution >= 0.6 is 0 Å². The van der Waals surface area contributed by atoms with Crippen LogP contribution < -0.4 is 4.90 Å². The number of aromatic nitrogens is 1. The van der Waals surface area contributed by atoms with Gasteiger partial charge in [0.2, 0.25) is 5.91 Å². The van der Waals surface area contributed by atoms with Gasteiger partial charge in [-0.2, -0.15) is 5.26 Å². The molecule has 0 spiro atoms. The Bertz CT molecular complexity index is 1420. The number of nitriles is 1. The molecular formula is C29H34N6O3. The minimum absolute atomic E-state index is 0.00377. The van der Waals surface area contributed by atoms with Crippen molar-refractivity contribution in [2.24, 2.45) is 0 Å². The minimum Gasteiger partial charge on any atom is -0.430 e. The van der Waals surface area contributed by atoms with Crippen LogP contribution in [0.1, 0.15) is 41.6 Å². The first-order valence-electron chi connectivity index (χ1n) is 13.1. The van der Waals surface area contributed by atoms with Gasteiger partial charge in [-0.05, 0) is 45.0 Å². The van der Waals surface area contributed by atoms with Gasteiger partial charge in [0.15, 0.2) is 5.58 Å². The van der Waals surface area contributed by atoms with Gasteiger partial charge in [-0.25, -0.2) is 4.98 Å². The highest BCUT2D eigenvalue weighted by atomic mass is 16.4. The van der Waals surface area contributed by atoms with E-state index in [0.717, 1.165) is 41.9 Å². The summed E-state index contributed by atoms with van der Waals surface area (Å²) in [4.78, 5) is 37.9. The number of rotatable bonds is 5. The van der Waals surface area contributed by atoms with Gasteiger partial charge in [-0.1, -0.05) is 30.3 Å². The van der Waals surface area contributed by atoms with Gasteiger partial charge in [0, 0.05) is 51.8 Å². The molecule has 5 rings (SSSR count). The second kappa shape index (κ2) is 10.1. The number of likely N-dealkylation sites (N-methyl/N-ethyl adjacent to an activating group) is 2. The molecule has 3 aromatic rings. The summed E-state index contributed by atoms with van der Waals surface area (Å²) in [6.45, 7) is 6.23. The summed E-state index contributed by atoms with van der Waals surface area (Å²) in [5.41, 5.74) is 4.93. The number of benzene rings is 2. The van der Waals surface area contributed by atoms with Crippen LogP contribution in [0, 0.1) is 18.3 Å². The van der Waals surface area contributed by atoms with Gasteiger partial charge < -0.3 is 24.0 Å². The van der Waals surface area contributed by atoms with Crippen molar-refractivity contribution in [2.45, 2.75) is 38.8 Å². The second-order valence-electron chi connectivity index (χ2n) is 10.6. The summed E-state index contributed by atoms with van der Waals surface area (Å²) in [5.74, 6) is -0.378. The Morgan fingerprint density at radius 1 is 1.08 bits per heavy atom. The number of nitrogens with zero attached hydrogens (tertiary/aromatic N) is 6. The van der Waals surface area contributed by atoms with E-state index in [9.17, 15) is 14.9 Å². The molecule has 2 amide bonds. The number of hydrogen-bond donors (Lipinski definition) is 0. The largest absolute Gasteiger partial charge is 0.430 e. The first-order chi connectivity index (χ1) is 18.2. The molecular weight excluding hydrogens is 480 g/mol. The molecule has 2 aromatic carbocycles. The van der Waals surface area contributed by atoms with E-state index < -0.39 is 0 Å². The number of likely N-dealkylation sites (tertiary alicyclic amines) is 1. The lowest BCUT2D eigenvalue weighted by Gasteiger charge is -2.25. The second-order valence-corrected chi connectivity index (χ2v) is 10.6. The average molecular weight is 515 g/mol. The highest BCUT2D eigenvalue weighted by Gasteiger charge is 2.35. The summed E-state index contributed by atoms with van der Waals surface area (Å²) in [7, 11) is 5.90. The van der Waals surface area contributed by atoms with Gasteiger partial charge in [0.1, 0.15) is 11.6 Å². The summed E-state index contributed by atoms with van der Waals surface area (Å²) >= 11 is 0. The van der Waals surface area contributed by atoms with E-state index in [4.69, 9.17) is 4.42 Å². The minimum atomic E-state index is -0.349. The van der Waals surface area contributed by atoms with Gasteiger partial charge in [-0.3, -0.25) is 9.59 Å². The Labute approximate surface area is 223 Å². The Hall–Kier alpha value is -3.90. The molecule has 2 saturated heterocycles. The number of fused-ring (bicyclic) bond motifs is 1. The van der Waals surface area contributed by atoms with Crippen molar-refractivity contribution in [3.05, 3.63) is 47.3 Å². The lowest BCUT2D eigenvalue weighted by molar-refractivity contribution is -0.127. The highest BCUT2D eigenvalue weighted by molar-refractivity contribution is 6.04. The molecule has 0 bridgehead atoms. The van der Waals surface area contributed by atoms with Gasteiger partial charge >= 0.3 is 5.91 Å². The van der Waals surface area contributed by atoms with E-state index in [1.54, 1.807) is 23.8 Å². The Morgan fingerprint density at radius 2 is 1.79 bits per heavy atom. The number of oxazole rings is 1. The number of carbonyl (C=O) groups is 2. The first kappa shape index (κ1) is 25.7. The molecule has 0 N–H and O–H groups in total. The molecule has 3 heterocycles. The molecule has 2 atom stereocenters. The van der Waals surface area contributed by atoms with Gasteiger partial charge in [0.25, 0.3) is 5.89 Å². The third kappa shape index (κ3) is 4.39. The summed E-state index contributed by atoms with van der Waals surface area (Å²) in [6, 6.07) is 12.6. The fourth-order valence-electron chi connectivity index (χ4n) is 5.76. The van der Waals surface area contributed by atoms with E-state index in [-0.39, 0.29) is 23.7 Å². The van der Waals surface area contributed by atoms with E-state index in [1.807, 2.05) is 37.3 Å². The average Bonchev–Trinajstić information content (AvgIpc) is 3.67. The topological polar surface area (TPSA) is 96.9 Å². The van der Waals surface area contributed by atoms with Crippen LogP contribution in [0.4, 0.5) is 5.69 Å². The normalized spacial score (nSPS) is 19.4. The Balaban J connectivity index is 1.64. The maximum absolute atomic E-state index is 13.6. The summed E-state index contributed by atoms with van der Waals surface area (Å²) in [5, 5.41) is 10.2. The lowest BCUT2D eigenvalue weighted by atomic mass is 9.93. The van der Waals surface area contributed by atoms with Crippen LogP contribution in [-0.4, -0.2) is 90.9 Å². The van der Waals surface area contributed by atoms with Crippen molar-refractivity contribution >= 4 is 28.6 Å². The Morgan fingerprint density at radius 3 is 2.39 bits per heavy atom. The number of hydrogen-bond acceptors (Lipinski definition) is 7. The van der Waals surface area contributed by atoms with Crippen molar-refractivity contribution in [2.75, 3.05) is 52.2 Å². The maximum Gasteiger partial charge on any atom is 0.309 e. The van der Waals surface area contributed by atoms with Crippen LogP contribution in [0.5, 0.6) is 0 Å². The molecule has 0 radical (unpaired) electrons. The van der Waals surface area contributed by atoms with Crippen molar-refractivity contribution < 1.29 is 14.0 Å². The molecule has 0 aliphatic carbocycles. The van der Waals surface area contributed by atoms with Crippen LogP contribution in [0.3, 0.4) is 0 Å². The van der Waals surface area contributed by atoms with E-state index in [0.29, 0.717) is 42.2 Å². The molecule has 1 aromatic heterocycles. The first-order valence-corrected chi connectivity index (χ1v) is 13.1. The van der Waals surface area contributed by atoms with Crippen LogP contribution in [-0.2, 0) is 4.79 Å². The molecule has 38 heavy (non-hydrogen) atoms. The monoisotopic (exact) mass is 514 g/mol. The van der Waals surface area contributed by atoms with Gasteiger partial charge in [0.05, 0.1) is 17.3 Å². The molecule has 2 aliphatic rings. The molecule has 2 fully saturated rings. The van der Waals surface area contributed by atoms with E-state index in [1.165, 1.54) is 0 Å². The fourth-order valence-corrected chi connectivity index (χ4v) is 5.76. The smallest absolute Gasteiger partial charge is 0.309 e. The standard InChI is InChI=1S/C29H34N6O3/c1-18-23(15-30)25-27(38-28(31-25)29(37)33(5)22-12-13-34(17-22)19(2)36)26(24(18)20-9-7-6-8-10-20)35-14-11-21(16-35)32(3)4/h6-10,21-22H,11-14,16-17H2,1-5H3. The van der Waals surface area contributed by atoms with Crippen molar-refractivity contribution in [3.63, 3.8) is 0 Å². The number of anilines is 1. The van der Waals surface area contributed by atoms with E-state index >= 15 is 0 Å². The van der Waals surface area contributed by atoms with Gasteiger partial charge in [-0.15, -0.1) is 0 Å². The zero-order valence-electron chi connectivity index (χ0n) is 22.7. The molecule has 2 unspecified atom stereocenters. The predicted molar refractivity (Wildman–Crippen MR) is 146 cm³/mol. The summed E-state index contributed by atoms with van der Waals surface area (Å²) < 4.78 is 6.29. The summed E-state index contributed by atoms with van der Waals surface area (Å²) in [6.07, 6.45) is 1.70. The molecule has 9 heteroatoms. The molecule has 198 valence electrons. The molecule has 9 nitrogen and oxygen atoms in total. The zero-order chi connectivity index (χ0) is 27.1.